The molecule has 1 aliphatic heterocycles. The van der Waals surface area contributed by atoms with E-state index in [0.29, 0.717) is 28.1 Å². The molecule has 0 bridgehead atoms. The summed E-state index contributed by atoms with van der Waals surface area (Å²) in [5.74, 6) is -0.170. The molecule has 0 unspecified atom stereocenters. The van der Waals surface area contributed by atoms with Gasteiger partial charge in [0.1, 0.15) is 16.9 Å². The topological polar surface area (TPSA) is 88.8 Å². The number of fused-ring (bicyclic) bond motifs is 2. The molecular weight excluding hydrogens is 360 g/mol. The number of anilines is 2. The normalized spacial score (nSPS) is 13.4. The molecule has 0 saturated carbocycles. The minimum absolute atomic E-state index is 0.0188. The molecule has 28 heavy (non-hydrogen) atoms. The summed E-state index contributed by atoms with van der Waals surface area (Å²) in [6.45, 7) is 3.78. The molecular formula is C21H18N2O5. The van der Waals surface area contributed by atoms with Gasteiger partial charge in [-0.25, -0.2) is 4.79 Å². The smallest absolute Gasteiger partial charge is 0.349 e. The van der Waals surface area contributed by atoms with Crippen LogP contribution in [0.15, 0.2) is 57.7 Å². The van der Waals surface area contributed by atoms with E-state index in [4.69, 9.17) is 9.15 Å². The van der Waals surface area contributed by atoms with Crippen molar-refractivity contribution in [2.75, 3.05) is 16.8 Å². The second kappa shape index (κ2) is 6.84. The molecule has 1 aromatic heterocycles. The van der Waals surface area contributed by atoms with Crippen molar-refractivity contribution in [3.8, 4) is 5.75 Å². The summed E-state index contributed by atoms with van der Waals surface area (Å²) in [6.07, 6.45) is 0. The average Bonchev–Trinajstić information content (AvgIpc) is 2.66. The maximum absolute atomic E-state index is 12.6. The van der Waals surface area contributed by atoms with E-state index in [1.54, 1.807) is 47.4 Å². The Morgan fingerprint density at radius 2 is 1.89 bits per heavy atom. The SMILES string of the molecule is CC(C)N1C(=O)COc2ccc(NC(=O)c3cc4ccccc4oc3=O)cc21. The Hall–Kier alpha value is -3.61. The van der Waals surface area contributed by atoms with Gasteiger partial charge in [0.2, 0.25) is 0 Å². The van der Waals surface area contributed by atoms with Gasteiger partial charge in [-0.1, -0.05) is 18.2 Å². The van der Waals surface area contributed by atoms with Crippen molar-refractivity contribution >= 4 is 34.2 Å². The van der Waals surface area contributed by atoms with E-state index in [1.165, 1.54) is 6.07 Å². The zero-order chi connectivity index (χ0) is 19.8. The van der Waals surface area contributed by atoms with Crippen LogP contribution in [0.5, 0.6) is 5.75 Å². The summed E-state index contributed by atoms with van der Waals surface area (Å²) in [6, 6.07) is 13.4. The van der Waals surface area contributed by atoms with Crippen LogP contribution in [0.3, 0.4) is 0 Å². The predicted octanol–water partition coefficient (Wildman–Crippen LogP) is 3.18. The Morgan fingerprint density at radius 3 is 2.68 bits per heavy atom. The van der Waals surface area contributed by atoms with E-state index in [0.717, 1.165) is 0 Å². The second-order valence-corrected chi connectivity index (χ2v) is 6.77. The van der Waals surface area contributed by atoms with Gasteiger partial charge in [-0.3, -0.25) is 9.59 Å². The lowest BCUT2D eigenvalue weighted by molar-refractivity contribution is -0.121. The van der Waals surface area contributed by atoms with Crippen molar-refractivity contribution in [3.05, 3.63) is 64.5 Å². The van der Waals surface area contributed by atoms with Gasteiger partial charge < -0.3 is 19.4 Å². The van der Waals surface area contributed by atoms with E-state index >= 15 is 0 Å². The largest absolute Gasteiger partial charge is 0.482 e. The average molecular weight is 378 g/mol. The lowest BCUT2D eigenvalue weighted by atomic mass is 10.1. The number of nitrogens with one attached hydrogen (secondary N) is 1. The third kappa shape index (κ3) is 3.11. The summed E-state index contributed by atoms with van der Waals surface area (Å²) in [4.78, 5) is 38.6. The van der Waals surface area contributed by atoms with Crippen molar-refractivity contribution in [1.29, 1.82) is 0 Å². The van der Waals surface area contributed by atoms with Crippen molar-refractivity contribution in [3.63, 3.8) is 0 Å². The molecule has 1 aliphatic rings. The first-order chi connectivity index (χ1) is 13.4. The first-order valence-corrected chi connectivity index (χ1v) is 8.87. The molecule has 0 atom stereocenters. The van der Waals surface area contributed by atoms with Crippen LogP contribution in [-0.2, 0) is 4.79 Å². The van der Waals surface area contributed by atoms with Gasteiger partial charge in [0.25, 0.3) is 11.8 Å². The number of hydrogen-bond donors (Lipinski definition) is 1. The van der Waals surface area contributed by atoms with Crippen LogP contribution in [0, 0.1) is 0 Å². The summed E-state index contributed by atoms with van der Waals surface area (Å²) in [5, 5.41) is 3.35. The Bertz CT molecular complexity index is 1150. The van der Waals surface area contributed by atoms with Crippen molar-refractivity contribution in [1.82, 2.24) is 0 Å². The number of para-hydroxylation sites is 1. The molecule has 2 heterocycles. The summed E-state index contributed by atoms with van der Waals surface area (Å²) in [5.41, 5.74) is 0.636. The molecule has 0 saturated heterocycles. The fourth-order valence-electron chi connectivity index (χ4n) is 3.23. The number of ether oxygens (including phenoxy) is 1. The van der Waals surface area contributed by atoms with Gasteiger partial charge >= 0.3 is 5.63 Å². The molecule has 0 aliphatic carbocycles. The quantitative estimate of drug-likeness (QED) is 0.707. The molecule has 2 amide bonds. The van der Waals surface area contributed by atoms with E-state index in [1.807, 2.05) is 13.8 Å². The maximum atomic E-state index is 12.6. The molecule has 1 N–H and O–H groups in total. The van der Waals surface area contributed by atoms with Gasteiger partial charge in [-0.05, 0) is 44.2 Å². The maximum Gasteiger partial charge on any atom is 0.349 e. The number of carbonyl (C=O) groups is 2. The Morgan fingerprint density at radius 1 is 1.11 bits per heavy atom. The number of hydrogen-bond acceptors (Lipinski definition) is 5. The lowest BCUT2D eigenvalue weighted by Crippen LogP contribution is -2.43. The molecule has 2 aromatic carbocycles. The van der Waals surface area contributed by atoms with Gasteiger partial charge in [0.05, 0.1) is 5.69 Å². The fraction of sp³-hybridized carbons (Fsp3) is 0.190. The molecule has 0 radical (unpaired) electrons. The molecule has 3 aromatic rings. The number of amides is 2. The third-order valence-electron chi connectivity index (χ3n) is 4.50. The zero-order valence-corrected chi connectivity index (χ0v) is 15.4. The van der Waals surface area contributed by atoms with E-state index in [9.17, 15) is 14.4 Å². The molecule has 0 spiro atoms. The third-order valence-corrected chi connectivity index (χ3v) is 4.50. The zero-order valence-electron chi connectivity index (χ0n) is 15.4. The predicted molar refractivity (Wildman–Crippen MR) is 105 cm³/mol. The number of nitrogens with zero attached hydrogens (tertiary/aromatic N) is 1. The highest BCUT2D eigenvalue weighted by Gasteiger charge is 2.28. The summed E-state index contributed by atoms with van der Waals surface area (Å²) in [7, 11) is 0. The van der Waals surface area contributed by atoms with E-state index < -0.39 is 11.5 Å². The number of carbonyl (C=O) groups excluding carboxylic acids is 2. The highest BCUT2D eigenvalue weighted by Crippen LogP contribution is 2.35. The summed E-state index contributed by atoms with van der Waals surface area (Å²) >= 11 is 0. The van der Waals surface area contributed by atoms with Crippen molar-refractivity contribution < 1.29 is 18.7 Å². The standard InChI is InChI=1S/C21H18N2O5/c1-12(2)23-16-10-14(7-8-18(16)27-11-19(23)24)22-20(25)15-9-13-5-3-4-6-17(13)28-21(15)26/h3-10,12H,11H2,1-2H3,(H,22,25). The Kier molecular flexibility index (Phi) is 4.35. The molecule has 7 nitrogen and oxygen atoms in total. The fourth-order valence-corrected chi connectivity index (χ4v) is 3.23. The number of rotatable bonds is 3. The van der Waals surface area contributed by atoms with Crippen molar-refractivity contribution in [2.24, 2.45) is 0 Å². The first kappa shape index (κ1) is 17.8. The highest BCUT2D eigenvalue weighted by molar-refractivity contribution is 6.06. The monoisotopic (exact) mass is 378 g/mol. The molecule has 4 rings (SSSR count). The first-order valence-electron chi connectivity index (χ1n) is 8.87. The van der Waals surface area contributed by atoms with Gasteiger partial charge in [0, 0.05) is 17.1 Å². The van der Waals surface area contributed by atoms with Crippen LogP contribution < -0.4 is 20.6 Å². The summed E-state index contributed by atoms with van der Waals surface area (Å²) < 4.78 is 10.7. The Labute approximate surface area is 160 Å². The minimum atomic E-state index is -0.712. The van der Waals surface area contributed by atoms with Crippen molar-refractivity contribution in [2.45, 2.75) is 19.9 Å². The van der Waals surface area contributed by atoms with Crippen LogP contribution >= 0.6 is 0 Å². The lowest BCUT2D eigenvalue weighted by Gasteiger charge is -2.32. The van der Waals surface area contributed by atoms with Crippen LogP contribution in [0.1, 0.15) is 24.2 Å². The number of benzene rings is 2. The van der Waals surface area contributed by atoms with Crippen LogP contribution in [0.2, 0.25) is 0 Å². The van der Waals surface area contributed by atoms with E-state index in [-0.39, 0.29) is 24.1 Å². The second-order valence-electron chi connectivity index (χ2n) is 6.77. The minimum Gasteiger partial charge on any atom is -0.482 e. The van der Waals surface area contributed by atoms with Gasteiger partial charge in [0.15, 0.2) is 6.61 Å². The Balaban J connectivity index is 1.67. The van der Waals surface area contributed by atoms with Crippen LogP contribution in [0.25, 0.3) is 11.0 Å². The van der Waals surface area contributed by atoms with E-state index in [2.05, 4.69) is 5.32 Å². The molecule has 0 fully saturated rings. The van der Waals surface area contributed by atoms with Crippen LogP contribution in [-0.4, -0.2) is 24.5 Å². The van der Waals surface area contributed by atoms with Gasteiger partial charge in [-0.2, -0.15) is 0 Å². The van der Waals surface area contributed by atoms with Gasteiger partial charge in [-0.15, -0.1) is 0 Å². The van der Waals surface area contributed by atoms with Crippen LogP contribution in [0.4, 0.5) is 11.4 Å². The molecule has 142 valence electrons. The highest BCUT2D eigenvalue weighted by atomic mass is 16.5. The molecule has 7 heteroatoms.